The van der Waals surface area contributed by atoms with Gasteiger partial charge in [-0.25, -0.2) is 8.42 Å². The summed E-state index contributed by atoms with van der Waals surface area (Å²) in [6.45, 7) is 13.7. The molecule has 0 aliphatic carbocycles. The van der Waals surface area contributed by atoms with Gasteiger partial charge in [-0.2, -0.15) is 17.8 Å². The molecule has 0 aliphatic heterocycles. The Kier molecular flexibility index (Phi) is 15.0. The summed E-state index contributed by atoms with van der Waals surface area (Å²) in [5.41, 5.74) is 5.20. The first-order valence-corrected chi connectivity index (χ1v) is 20.2. The van der Waals surface area contributed by atoms with Crippen molar-refractivity contribution >= 4 is 74.4 Å². The number of hydrogen-bond donors (Lipinski definition) is 0. The number of nitrogens with zero attached hydrogens (tertiary/aromatic N) is 1. The average Bonchev–Trinajstić information content (AvgIpc) is 3.05. The maximum absolute atomic E-state index is 10.7. The van der Waals surface area contributed by atoms with E-state index in [0.29, 0.717) is 0 Å². The zero-order chi connectivity index (χ0) is 38.1. The molecule has 12 heteroatoms. The van der Waals surface area contributed by atoms with Gasteiger partial charge in [0.15, 0.2) is 17.5 Å². The summed E-state index contributed by atoms with van der Waals surface area (Å²) in [4.78, 5) is 0. The SMILES string of the molecule is Cc1cc(C)c(B(c2c(C)cc(C)cc2C)N(C)[P+](c2ccccc2)(c2ccccc2)c2ccccc2)c(C)c1.ClCCl.O=S(=O)([O-])C(F)(F)F. The third kappa shape index (κ3) is 9.84. The number of aryl methyl sites for hydroxylation is 6. The van der Waals surface area contributed by atoms with Crippen LogP contribution in [0.2, 0.25) is 0 Å². The van der Waals surface area contributed by atoms with Crippen LogP contribution >= 0.6 is 30.6 Å². The molecule has 270 valence electrons. The summed E-state index contributed by atoms with van der Waals surface area (Å²) in [5, 5.41) is 4.29. The van der Waals surface area contributed by atoms with E-state index in [2.05, 4.69) is 168 Å². The third-order valence-corrected chi connectivity index (χ3v) is 13.4. The van der Waals surface area contributed by atoms with Crippen molar-refractivity contribution in [1.29, 1.82) is 0 Å². The molecule has 0 saturated carbocycles. The van der Waals surface area contributed by atoms with Crippen LogP contribution in [0, 0.1) is 41.5 Å². The summed E-state index contributed by atoms with van der Waals surface area (Å²) in [6.07, 6.45) is 0. The topological polar surface area (TPSA) is 60.4 Å². The van der Waals surface area contributed by atoms with Gasteiger partial charge in [-0.15, -0.1) is 23.2 Å². The Bertz CT molecular complexity index is 1800. The smallest absolute Gasteiger partial charge is 0.485 e. The van der Waals surface area contributed by atoms with Crippen molar-refractivity contribution in [1.82, 2.24) is 4.58 Å². The summed E-state index contributed by atoms with van der Waals surface area (Å²) in [6, 6.07) is 43.0. The zero-order valence-electron chi connectivity index (χ0n) is 29.7. The first-order valence-electron chi connectivity index (χ1n) is 16.0. The van der Waals surface area contributed by atoms with Crippen LogP contribution in [0.3, 0.4) is 0 Å². The molecule has 5 aromatic carbocycles. The van der Waals surface area contributed by atoms with Gasteiger partial charge in [0, 0.05) is 7.05 Å². The Morgan fingerprint density at radius 2 is 0.863 bits per heavy atom. The second-order valence-corrected chi connectivity index (χ2v) is 17.9. The van der Waals surface area contributed by atoms with E-state index in [1.165, 1.54) is 60.2 Å². The minimum Gasteiger partial charge on any atom is -0.741 e. The third-order valence-electron chi connectivity index (χ3n) is 8.54. The van der Waals surface area contributed by atoms with Crippen LogP contribution in [-0.2, 0) is 10.1 Å². The fourth-order valence-corrected chi connectivity index (χ4v) is 11.2. The maximum atomic E-state index is 10.7. The van der Waals surface area contributed by atoms with Crippen LogP contribution in [0.1, 0.15) is 33.4 Å². The summed E-state index contributed by atoms with van der Waals surface area (Å²) >= 11 is 9.53. The first kappa shape index (κ1) is 42.2. The van der Waals surface area contributed by atoms with E-state index in [0.717, 1.165) is 0 Å². The molecule has 0 spiro atoms. The van der Waals surface area contributed by atoms with Crippen molar-refractivity contribution in [2.45, 2.75) is 47.1 Å². The van der Waals surface area contributed by atoms with E-state index in [-0.39, 0.29) is 12.2 Å². The van der Waals surface area contributed by atoms with E-state index < -0.39 is 23.0 Å². The van der Waals surface area contributed by atoms with Crippen LogP contribution < -0.4 is 26.8 Å². The van der Waals surface area contributed by atoms with E-state index in [4.69, 9.17) is 36.2 Å². The second kappa shape index (κ2) is 18.0. The Morgan fingerprint density at radius 3 is 1.08 bits per heavy atom. The number of benzene rings is 5. The van der Waals surface area contributed by atoms with Gasteiger partial charge in [0.25, 0.3) is 0 Å². The van der Waals surface area contributed by atoms with Crippen molar-refractivity contribution in [3.63, 3.8) is 0 Å². The molecule has 5 aromatic rings. The fourth-order valence-electron chi connectivity index (χ4n) is 6.86. The monoisotopic (exact) mass is 773 g/mol. The normalized spacial score (nSPS) is 11.6. The number of rotatable bonds is 7. The van der Waals surface area contributed by atoms with E-state index in [1.54, 1.807) is 0 Å². The highest BCUT2D eigenvalue weighted by Crippen LogP contribution is 2.58. The lowest BCUT2D eigenvalue weighted by Gasteiger charge is -2.40. The lowest BCUT2D eigenvalue weighted by atomic mass is 9.46. The number of hydrogen-bond acceptors (Lipinski definition) is 4. The molecule has 0 atom stereocenters. The highest BCUT2D eigenvalue weighted by atomic mass is 35.5. The van der Waals surface area contributed by atoms with Gasteiger partial charge in [0.05, 0.1) is 5.34 Å². The van der Waals surface area contributed by atoms with E-state index in [1.807, 2.05) is 0 Å². The fraction of sp³-hybridized carbons (Fsp3) is 0.231. The van der Waals surface area contributed by atoms with Crippen molar-refractivity contribution < 1.29 is 26.1 Å². The molecule has 0 heterocycles. The Balaban J connectivity index is 0.000000557. The molecule has 0 saturated heterocycles. The lowest BCUT2D eigenvalue weighted by Crippen LogP contribution is -2.61. The number of halogens is 5. The molecule has 0 amide bonds. The summed E-state index contributed by atoms with van der Waals surface area (Å²) in [7, 11) is -6.01. The van der Waals surface area contributed by atoms with Gasteiger partial charge in [-0.3, -0.25) is 0 Å². The van der Waals surface area contributed by atoms with Crippen LogP contribution in [-0.4, -0.2) is 42.3 Å². The summed E-state index contributed by atoms with van der Waals surface area (Å²) in [5.74, 6) is 0. The van der Waals surface area contributed by atoms with Crippen LogP contribution in [0.5, 0.6) is 0 Å². The van der Waals surface area contributed by atoms with Crippen molar-refractivity contribution in [2.75, 3.05) is 12.4 Å². The Hall–Kier alpha value is -3.17. The molecule has 0 fully saturated rings. The molecule has 0 N–H and O–H groups in total. The van der Waals surface area contributed by atoms with Crippen molar-refractivity contribution in [2.24, 2.45) is 0 Å². The molecule has 5 rings (SSSR count). The van der Waals surface area contributed by atoms with Crippen LogP contribution in [0.15, 0.2) is 115 Å². The predicted molar refractivity (Wildman–Crippen MR) is 212 cm³/mol. The van der Waals surface area contributed by atoms with Gasteiger partial charge >= 0.3 is 12.4 Å². The van der Waals surface area contributed by atoms with Gasteiger partial charge in [0.2, 0.25) is 0 Å². The molecule has 0 bridgehead atoms. The second-order valence-electron chi connectivity index (χ2n) is 12.2. The Labute approximate surface area is 311 Å². The van der Waals surface area contributed by atoms with E-state index >= 15 is 0 Å². The van der Waals surface area contributed by atoms with Crippen LogP contribution in [0.25, 0.3) is 0 Å². The molecule has 0 aromatic heterocycles. The molecular formula is C39H42BCl2F3NO3PS. The van der Waals surface area contributed by atoms with E-state index in [9.17, 15) is 13.2 Å². The maximum Gasteiger partial charge on any atom is 0.485 e. The van der Waals surface area contributed by atoms with Gasteiger partial charge < -0.3 is 4.55 Å². The molecular weight excluding hydrogens is 732 g/mol. The minimum absolute atomic E-state index is 0.0650. The molecule has 51 heavy (non-hydrogen) atoms. The average molecular weight is 775 g/mol. The molecule has 0 aliphatic rings. The van der Waals surface area contributed by atoms with Crippen LogP contribution in [0.4, 0.5) is 13.2 Å². The highest BCUT2D eigenvalue weighted by molar-refractivity contribution is 7.94. The molecule has 4 nitrogen and oxygen atoms in total. The molecule has 0 unspecified atom stereocenters. The van der Waals surface area contributed by atoms with Crippen molar-refractivity contribution in [3.05, 3.63) is 149 Å². The van der Waals surface area contributed by atoms with Crippen molar-refractivity contribution in [3.8, 4) is 0 Å². The lowest BCUT2D eigenvalue weighted by molar-refractivity contribution is -0.0517. The van der Waals surface area contributed by atoms with Gasteiger partial charge in [-0.05, 0) is 88.9 Å². The first-order chi connectivity index (χ1) is 23.9. The van der Waals surface area contributed by atoms with Gasteiger partial charge in [0.1, 0.15) is 15.9 Å². The predicted octanol–water partition coefficient (Wildman–Crippen LogP) is 7.96. The largest absolute Gasteiger partial charge is 0.741 e. The minimum atomic E-state index is -6.09. The number of alkyl halides is 5. The zero-order valence-corrected chi connectivity index (χ0v) is 32.9. The summed E-state index contributed by atoms with van der Waals surface area (Å²) < 4.78 is 61.7. The van der Waals surface area contributed by atoms with Gasteiger partial charge in [-0.1, -0.05) is 112 Å². The Morgan fingerprint density at radius 1 is 0.627 bits per heavy atom. The highest BCUT2D eigenvalue weighted by Gasteiger charge is 2.54. The quantitative estimate of drug-likeness (QED) is 0.0554. The standard InChI is InChI=1S/C37H40BNP.CH2Cl2.CHF3O3S/c1-27-23-29(3)36(30(4)24-27)38(37-31(5)25-28(2)26-32(37)6)39(7)40(33-17-11-8-12-18-33,34-19-13-9-14-20-34)35-21-15-10-16-22-35;2-1-3;2-1(3,4)8(5,6)7/h8-26H,1-7H3;1H2;(H,5,6,7)/q+1;;/p-1. The molecule has 0 radical (unpaired) electrons.